The van der Waals surface area contributed by atoms with E-state index in [0.29, 0.717) is 18.5 Å². The van der Waals surface area contributed by atoms with Crippen LogP contribution in [0.2, 0.25) is 0 Å². The van der Waals surface area contributed by atoms with Crippen molar-refractivity contribution in [3.05, 3.63) is 30.4 Å². The van der Waals surface area contributed by atoms with Gasteiger partial charge in [-0.05, 0) is 51.5 Å². The highest BCUT2D eigenvalue weighted by molar-refractivity contribution is 5.81. The summed E-state index contributed by atoms with van der Waals surface area (Å²) in [5.74, 6) is 0.941. The number of ether oxygens (including phenoxy) is 2. The van der Waals surface area contributed by atoms with Crippen molar-refractivity contribution >= 4 is 11.5 Å². The minimum atomic E-state index is -0.190. The van der Waals surface area contributed by atoms with Crippen molar-refractivity contribution in [1.29, 1.82) is 0 Å². The molecule has 0 bridgehead atoms. The number of hydrogen-bond acceptors (Lipinski definition) is 7. The van der Waals surface area contributed by atoms with E-state index in [2.05, 4.69) is 27.7 Å². The van der Waals surface area contributed by atoms with Crippen LogP contribution in [-0.4, -0.2) is 68.1 Å². The number of methoxy groups -OCH3 is 1. The first-order chi connectivity index (χ1) is 16.1. The third-order valence-electron chi connectivity index (χ3n) is 6.81. The highest BCUT2D eigenvalue weighted by Crippen LogP contribution is 2.37. The van der Waals surface area contributed by atoms with Gasteiger partial charge in [-0.1, -0.05) is 0 Å². The number of rotatable bonds is 8. The van der Waals surface area contributed by atoms with Crippen LogP contribution >= 0.6 is 0 Å². The summed E-state index contributed by atoms with van der Waals surface area (Å²) < 4.78 is 15.0. The SMILES string of the molecule is COC[C@H](C)Nc1ncc2c(-c3cnn(C[C@H]4CCCO4)c3)cc(C3CCC(O)CC3)n2n1. The van der Waals surface area contributed by atoms with Gasteiger partial charge in [0.15, 0.2) is 0 Å². The van der Waals surface area contributed by atoms with Crippen LogP contribution in [0, 0.1) is 0 Å². The second-order valence-corrected chi connectivity index (χ2v) is 9.45. The molecule has 2 aliphatic rings. The van der Waals surface area contributed by atoms with Crippen LogP contribution in [0.25, 0.3) is 16.6 Å². The standard InChI is InChI=1S/C24H34N6O3/c1-16(15-32-2)27-24-25-12-23-21(18-11-26-29(13-18)14-20-4-3-9-33-20)10-22(30(23)28-24)17-5-7-19(31)8-6-17/h10-13,16-17,19-20,31H,3-9,14-15H2,1-2H3,(H,27,28)/t16-,17?,19?,20+/m0/s1. The molecule has 0 radical (unpaired) electrons. The van der Waals surface area contributed by atoms with Gasteiger partial charge in [-0.3, -0.25) is 4.68 Å². The molecule has 1 saturated heterocycles. The van der Waals surface area contributed by atoms with Gasteiger partial charge in [0.25, 0.3) is 0 Å². The first-order valence-electron chi connectivity index (χ1n) is 12.1. The Balaban J connectivity index is 1.48. The molecule has 3 aromatic rings. The summed E-state index contributed by atoms with van der Waals surface area (Å²) in [4.78, 5) is 4.59. The van der Waals surface area contributed by atoms with Gasteiger partial charge in [-0.15, -0.1) is 5.10 Å². The van der Waals surface area contributed by atoms with Gasteiger partial charge in [0, 0.05) is 48.7 Å². The smallest absolute Gasteiger partial charge is 0.241 e. The van der Waals surface area contributed by atoms with Gasteiger partial charge >= 0.3 is 0 Å². The van der Waals surface area contributed by atoms with E-state index in [1.807, 2.05) is 28.5 Å². The molecule has 0 unspecified atom stereocenters. The number of anilines is 1. The largest absolute Gasteiger partial charge is 0.393 e. The Morgan fingerprint density at radius 1 is 1.24 bits per heavy atom. The topological polar surface area (TPSA) is 98.7 Å². The van der Waals surface area contributed by atoms with Crippen molar-refractivity contribution in [3.63, 3.8) is 0 Å². The Kier molecular flexibility index (Phi) is 6.62. The van der Waals surface area contributed by atoms with Crippen LogP contribution < -0.4 is 5.32 Å². The molecule has 1 aliphatic heterocycles. The maximum atomic E-state index is 10.0. The summed E-state index contributed by atoms with van der Waals surface area (Å²) in [6, 6.07) is 2.34. The molecule has 0 spiro atoms. The third kappa shape index (κ3) is 4.90. The molecular formula is C24H34N6O3. The lowest BCUT2D eigenvalue weighted by Crippen LogP contribution is -2.23. The summed E-state index contributed by atoms with van der Waals surface area (Å²) in [6.45, 7) is 4.25. The summed E-state index contributed by atoms with van der Waals surface area (Å²) in [5, 5.41) is 22.8. The molecule has 9 heteroatoms. The molecule has 1 saturated carbocycles. The number of fused-ring (bicyclic) bond motifs is 1. The normalized spacial score (nSPS) is 24.4. The molecule has 33 heavy (non-hydrogen) atoms. The quantitative estimate of drug-likeness (QED) is 0.539. The van der Waals surface area contributed by atoms with E-state index in [0.717, 1.165) is 68.3 Å². The van der Waals surface area contributed by atoms with E-state index in [-0.39, 0.29) is 18.2 Å². The molecule has 1 aliphatic carbocycles. The molecule has 3 aromatic heterocycles. The molecule has 0 amide bonds. The van der Waals surface area contributed by atoms with Crippen LogP contribution in [0.15, 0.2) is 24.7 Å². The third-order valence-corrected chi connectivity index (χ3v) is 6.81. The minimum Gasteiger partial charge on any atom is -0.393 e. The second kappa shape index (κ2) is 9.79. The fourth-order valence-corrected chi connectivity index (χ4v) is 5.09. The highest BCUT2D eigenvalue weighted by Gasteiger charge is 2.26. The van der Waals surface area contributed by atoms with Gasteiger partial charge in [-0.2, -0.15) is 5.10 Å². The first-order valence-corrected chi connectivity index (χ1v) is 12.1. The number of aliphatic hydroxyl groups is 1. The molecule has 5 rings (SSSR count). The number of aliphatic hydroxyl groups excluding tert-OH is 1. The van der Waals surface area contributed by atoms with Crippen molar-refractivity contribution in [2.75, 3.05) is 25.6 Å². The molecule has 9 nitrogen and oxygen atoms in total. The fraction of sp³-hybridized carbons (Fsp3) is 0.625. The maximum Gasteiger partial charge on any atom is 0.241 e. The number of hydrogen-bond donors (Lipinski definition) is 2. The van der Waals surface area contributed by atoms with Gasteiger partial charge in [-0.25, -0.2) is 9.50 Å². The van der Waals surface area contributed by atoms with E-state index >= 15 is 0 Å². The zero-order valence-electron chi connectivity index (χ0n) is 19.5. The molecule has 0 aromatic carbocycles. The van der Waals surface area contributed by atoms with Crippen molar-refractivity contribution in [2.24, 2.45) is 0 Å². The predicted molar refractivity (Wildman–Crippen MR) is 125 cm³/mol. The van der Waals surface area contributed by atoms with Gasteiger partial charge < -0.3 is 19.9 Å². The van der Waals surface area contributed by atoms with Crippen molar-refractivity contribution in [1.82, 2.24) is 24.4 Å². The van der Waals surface area contributed by atoms with E-state index < -0.39 is 0 Å². The Morgan fingerprint density at radius 2 is 2.09 bits per heavy atom. The van der Waals surface area contributed by atoms with Crippen LogP contribution in [0.3, 0.4) is 0 Å². The summed E-state index contributed by atoms with van der Waals surface area (Å²) >= 11 is 0. The Hall–Kier alpha value is -2.49. The molecule has 2 N–H and O–H groups in total. The minimum absolute atomic E-state index is 0.104. The predicted octanol–water partition coefficient (Wildman–Crippen LogP) is 3.24. The average molecular weight is 455 g/mol. The Bertz CT molecular complexity index is 1070. The van der Waals surface area contributed by atoms with Crippen LogP contribution in [0.5, 0.6) is 0 Å². The van der Waals surface area contributed by atoms with E-state index in [1.54, 1.807) is 7.11 Å². The summed E-state index contributed by atoms with van der Waals surface area (Å²) in [6.07, 6.45) is 11.7. The second-order valence-electron chi connectivity index (χ2n) is 9.45. The molecule has 2 atom stereocenters. The number of nitrogens with one attached hydrogen (secondary N) is 1. The molecule has 2 fully saturated rings. The fourth-order valence-electron chi connectivity index (χ4n) is 5.09. The zero-order valence-corrected chi connectivity index (χ0v) is 19.5. The van der Waals surface area contributed by atoms with Gasteiger partial charge in [0.1, 0.15) is 0 Å². The lowest BCUT2D eigenvalue weighted by molar-refractivity contribution is 0.0940. The van der Waals surface area contributed by atoms with Crippen molar-refractivity contribution in [3.8, 4) is 11.1 Å². The van der Waals surface area contributed by atoms with E-state index in [1.165, 1.54) is 5.69 Å². The van der Waals surface area contributed by atoms with E-state index in [4.69, 9.17) is 14.6 Å². The van der Waals surface area contributed by atoms with Crippen molar-refractivity contribution < 1.29 is 14.6 Å². The lowest BCUT2D eigenvalue weighted by Gasteiger charge is -2.25. The summed E-state index contributed by atoms with van der Waals surface area (Å²) in [7, 11) is 1.69. The number of aromatic nitrogens is 5. The summed E-state index contributed by atoms with van der Waals surface area (Å²) in [5.41, 5.74) is 4.29. The molecular weight excluding hydrogens is 420 g/mol. The van der Waals surface area contributed by atoms with E-state index in [9.17, 15) is 5.11 Å². The average Bonchev–Trinajstić information content (AvgIpc) is 3.55. The lowest BCUT2D eigenvalue weighted by atomic mass is 9.85. The number of nitrogens with zero attached hydrogens (tertiary/aromatic N) is 5. The van der Waals surface area contributed by atoms with Crippen LogP contribution in [0.4, 0.5) is 5.95 Å². The molecule has 178 valence electrons. The van der Waals surface area contributed by atoms with Gasteiger partial charge in [0.2, 0.25) is 5.95 Å². The van der Waals surface area contributed by atoms with Crippen LogP contribution in [0.1, 0.15) is 57.1 Å². The Morgan fingerprint density at radius 3 is 2.85 bits per heavy atom. The first kappa shape index (κ1) is 22.3. The highest BCUT2D eigenvalue weighted by atomic mass is 16.5. The zero-order chi connectivity index (χ0) is 22.8. The van der Waals surface area contributed by atoms with Gasteiger partial charge in [0.05, 0.1) is 43.3 Å². The molecule has 4 heterocycles. The maximum absolute atomic E-state index is 10.0. The van der Waals surface area contributed by atoms with Crippen LogP contribution in [-0.2, 0) is 16.0 Å². The van der Waals surface area contributed by atoms with Crippen molar-refractivity contribution in [2.45, 2.75) is 76.2 Å². The monoisotopic (exact) mass is 454 g/mol. The Labute approximate surface area is 194 Å².